The van der Waals surface area contributed by atoms with Crippen LogP contribution < -0.4 is 14.8 Å². The number of para-hydroxylation sites is 1. The quantitative estimate of drug-likeness (QED) is 0.470. The van der Waals surface area contributed by atoms with Gasteiger partial charge in [-0.15, -0.1) is 13.2 Å². The van der Waals surface area contributed by atoms with E-state index in [-0.39, 0.29) is 11.4 Å². The number of benzene rings is 2. The molecule has 0 bridgehead atoms. The Balaban J connectivity index is 1.44. The van der Waals surface area contributed by atoms with E-state index in [1.54, 1.807) is 41.3 Å². The zero-order valence-corrected chi connectivity index (χ0v) is 16.2. The Kier molecular flexibility index (Phi) is 5.71. The molecule has 0 radical (unpaired) electrons. The molecule has 1 amide bonds. The lowest BCUT2D eigenvalue weighted by atomic mass is 10.2. The van der Waals surface area contributed by atoms with E-state index in [0.29, 0.717) is 17.3 Å². The van der Waals surface area contributed by atoms with Gasteiger partial charge < -0.3 is 14.8 Å². The van der Waals surface area contributed by atoms with Crippen LogP contribution in [0.25, 0.3) is 5.82 Å². The second-order valence-electron chi connectivity index (χ2n) is 6.29. The van der Waals surface area contributed by atoms with Gasteiger partial charge in [0.1, 0.15) is 17.8 Å². The number of nitrogens with one attached hydrogen (secondary N) is 1. The maximum Gasteiger partial charge on any atom is 0.573 e. The lowest BCUT2D eigenvalue weighted by molar-refractivity contribution is -0.274. The summed E-state index contributed by atoms with van der Waals surface area (Å²) in [5.74, 6) is -0.120. The van der Waals surface area contributed by atoms with Crippen molar-refractivity contribution in [1.82, 2.24) is 19.7 Å². The van der Waals surface area contributed by atoms with Crippen LogP contribution in [0.4, 0.5) is 18.9 Å². The summed E-state index contributed by atoms with van der Waals surface area (Å²) in [6, 6.07) is 14.7. The molecular formula is C21H14F3N5O3. The molecule has 8 nitrogen and oxygen atoms in total. The van der Waals surface area contributed by atoms with E-state index in [2.05, 4.69) is 25.1 Å². The zero-order chi connectivity index (χ0) is 22.6. The van der Waals surface area contributed by atoms with Crippen LogP contribution in [0.2, 0.25) is 0 Å². The Morgan fingerprint density at radius 3 is 2.50 bits per heavy atom. The van der Waals surface area contributed by atoms with Crippen LogP contribution in [-0.2, 0) is 0 Å². The number of hydrogen-bond donors (Lipinski definition) is 1. The fourth-order valence-electron chi connectivity index (χ4n) is 2.71. The van der Waals surface area contributed by atoms with Crippen molar-refractivity contribution in [3.8, 4) is 23.2 Å². The van der Waals surface area contributed by atoms with E-state index in [9.17, 15) is 18.0 Å². The predicted octanol–water partition coefficient (Wildman–Crippen LogP) is 4.61. The Labute approximate surface area is 179 Å². The molecule has 0 saturated carbocycles. The van der Waals surface area contributed by atoms with Gasteiger partial charge in [-0.1, -0.05) is 12.1 Å². The molecule has 0 atom stereocenters. The number of ether oxygens (including phenoxy) is 2. The third kappa shape index (κ3) is 5.19. The first-order valence-corrected chi connectivity index (χ1v) is 9.13. The highest BCUT2D eigenvalue weighted by atomic mass is 19.4. The van der Waals surface area contributed by atoms with Gasteiger partial charge in [-0.25, -0.2) is 14.6 Å². The molecule has 0 spiro atoms. The van der Waals surface area contributed by atoms with Crippen molar-refractivity contribution < 1.29 is 27.4 Å². The summed E-state index contributed by atoms with van der Waals surface area (Å²) >= 11 is 0. The number of halogens is 3. The van der Waals surface area contributed by atoms with Crippen molar-refractivity contribution in [2.75, 3.05) is 5.32 Å². The number of alkyl halides is 3. The molecule has 162 valence electrons. The van der Waals surface area contributed by atoms with Gasteiger partial charge in [0.25, 0.3) is 5.91 Å². The molecule has 0 unspecified atom stereocenters. The van der Waals surface area contributed by atoms with Crippen LogP contribution in [0, 0.1) is 0 Å². The number of amides is 1. The second-order valence-corrected chi connectivity index (χ2v) is 6.29. The summed E-state index contributed by atoms with van der Waals surface area (Å²) in [5, 5.41) is 6.61. The zero-order valence-electron chi connectivity index (χ0n) is 16.2. The molecule has 4 rings (SSSR count). The molecule has 2 aromatic heterocycles. The molecular weight excluding hydrogens is 427 g/mol. The lowest BCUT2D eigenvalue weighted by Crippen LogP contribution is -2.20. The Hall–Kier alpha value is -4.41. The van der Waals surface area contributed by atoms with E-state index in [0.717, 1.165) is 6.07 Å². The van der Waals surface area contributed by atoms with Crippen LogP contribution in [-0.4, -0.2) is 32.0 Å². The van der Waals surface area contributed by atoms with E-state index in [4.69, 9.17) is 4.74 Å². The first-order chi connectivity index (χ1) is 15.4. The molecule has 0 aliphatic rings. The monoisotopic (exact) mass is 441 g/mol. The smallest absolute Gasteiger partial charge is 0.439 e. The summed E-state index contributed by atoms with van der Waals surface area (Å²) in [6.07, 6.45) is -0.236. The summed E-state index contributed by atoms with van der Waals surface area (Å²) in [4.78, 5) is 20.6. The first kappa shape index (κ1) is 20.8. The van der Waals surface area contributed by atoms with Gasteiger partial charge in [-0.05, 0) is 42.5 Å². The van der Waals surface area contributed by atoms with E-state index >= 15 is 0 Å². The van der Waals surface area contributed by atoms with Crippen molar-refractivity contribution in [2.45, 2.75) is 6.36 Å². The highest BCUT2D eigenvalue weighted by Crippen LogP contribution is 2.27. The number of hydrogen-bond acceptors (Lipinski definition) is 6. The molecule has 0 aliphatic heterocycles. The minimum Gasteiger partial charge on any atom is -0.439 e. The fraction of sp³-hybridized carbons (Fsp3) is 0.0476. The van der Waals surface area contributed by atoms with E-state index in [1.165, 1.54) is 36.7 Å². The van der Waals surface area contributed by atoms with Crippen molar-refractivity contribution in [2.24, 2.45) is 0 Å². The highest BCUT2D eigenvalue weighted by molar-refractivity contribution is 6.06. The van der Waals surface area contributed by atoms with Crippen molar-refractivity contribution in [3.05, 3.63) is 84.9 Å². The molecule has 4 aromatic rings. The van der Waals surface area contributed by atoms with Gasteiger partial charge in [-0.2, -0.15) is 5.10 Å². The van der Waals surface area contributed by atoms with Gasteiger partial charge in [-0.3, -0.25) is 4.79 Å². The van der Waals surface area contributed by atoms with Gasteiger partial charge >= 0.3 is 6.36 Å². The molecule has 2 aromatic carbocycles. The topological polar surface area (TPSA) is 91.2 Å². The van der Waals surface area contributed by atoms with Gasteiger partial charge in [0.2, 0.25) is 5.88 Å². The largest absolute Gasteiger partial charge is 0.573 e. The highest BCUT2D eigenvalue weighted by Gasteiger charge is 2.32. The molecule has 0 aliphatic carbocycles. The SMILES string of the molecule is O=C(Nc1ccc(Oc2cc(-n3cccn3)ncn2)cc1)c1ccccc1OC(F)(F)F. The number of aromatic nitrogens is 4. The van der Waals surface area contributed by atoms with Gasteiger partial charge in [0.15, 0.2) is 5.82 Å². The standard InChI is InChI=1S/C21H14F3N5O3/c22-21(23,24)32-17-5-2-1-4-16(17)20(30)28-14-6-8-15(9-7-14)31-19-12-18(25-13-26-19)29-11-3-10-27-29/h1-13H,(H,28,30). The normalized spacial score (nSPS) is 11.1. The summed E-state index contributed by atoms with van der Waals surface area (Å²) in [5.41, 5.74) is 0.0985. The minimum atomic E-state index is -4.91. The van der Waals surface area contributed by atoms with Crippen LogP contribution in [0.1, 0.15) is 10.4 Å². The van der Waals surface area contributed by atoms with Crippen molar-refractivity contribution in [3.63, 3.8) is 0 Å². The molecule has 11 heteroatoms. The number of carbonyl (C=O) groups excluding carboxylic acids is 1. The third-order valence-electron chi connectivity index (χ3n) is 4.06. The van der Waals surface area contributed by atoms with Crippen LogP contribution >= 0.6 is 0 Å². The van der Waals surface area contributed by atoms with Crippen LogP contribution in [0.5, 0.6) is 17.4 Å². The fourth-order valence-corrected chi connectivity index (χ4v) is 2.71. The molecule has 1 N–H and O–H groups in total. The Morgan fingerprint density at radius 1 is 1.00 bits per heavy atom. The Bertz CT molecular complexity index is 1210. The molecule has 0 saturated heterocycles. The first-order valence-electron chi connectivity index (χ1n) is 9.13. The maximum atomic E-state index is 12.6. The number of carbonyl (C=O) groups is 1. The van der Waals surface area contributed by atoms with Gasteiger partial charge in [0.05, 0.1) is 5.56 Å². The second kappa shape index (κ2) is 8.76. The Morgan fingerprint density at radius 2 is 1.78 bits per heavy atom. The number of anilines is 1. The van der Waals surface area contributed by atoms with Crippen LogP contribution in [0.15, 0.2) is 79.4 Å². The summed E-state index contributed by atoms with van der Waals surface area (Å²) in [7, 11) is 0. The molecule has 32 heavy (non-hydrogen) atoms. The minimum absolute atomic E-state index is 0.253. The molecule has 0 fully saturated rings. The number of nitrogens with zero attached hydrogens (tertiary/aromatic N) is 4. The summed E-state index contributed by atoms with van der Waals surface area (Å²) < 4.78 is 48.8. The lowest BCUT2D eigenvalue weighted by Gasteiger charge is -2.13. The van der Waals surface area contributed by atoms with Crippen molar-refractivity contribution >= 4 is 11.6 Å². The van der Waals surface area contributed by atoms with E-state index in [1.807, 2.05) is 0 Å². The third-order valence-corrected chi connectivity index (χ3v) is 4.06. The molecule has 2 heterocycles. The van der Waals surface area contributed by atoms with Gasteiger partial charge in [0, 0.05) is 24.1 Å². The predicted molar refractivity (Wildman–Crippen MR) is 107 cm³/mol. The number of rotatable bonds is 6. The average Bonchev–Trinajstić information content (AvgIpc) is 3.30. The average molecular weight is 441 g/mol. The van der Waals surface area contributed by atoms with Crippen molar-refractivity contribution in [1.29, 1.82) is 0 Å². The van der Waals surface area contributed by atoms with E-state index < -0.39 is 18.0 Å². The summed E-state index contributed by atoms with van der Waals surface area (Å²) in [6.45, 7) is 0. The van der Waals surface area contributed by atoms with Crippen LogP contribution in [0.3, 0.4) is 0 Å². The maximum absolute atomic E-state index is 12.6.